The van der Waals surface area contributed by atoms with E-state index in [2.05, 4.69) is 70.8 Å². The zero-order valence-corrected chi connectivity index (χ0v) is 16.5. The van der Waals surface area contributed by atoms with E-state index in [1.807, 2.05) is 0 Å². The fraction of sp³-hybridized carbons (Fsp3) is 0.789. The quantitative estimate of drug-likeness (QED) is 0.833. The van der Waals surface area contributed by atoms with Crippen molar-refractivity contribution in [2.75, 3.05) is 0 Å². The van der Waals surface area contributed by atoms with Gasteiger partial charge in [0.15, 0.2) is 5.82 Å². The zero-order chi connectivity index (χ0) is 18.5. The number of hydrogen-bond acceptors (Lipinski definition) is 6. The predicted molar refractivity (Wildman–Crippen MR) is 97.7 cm³/mol. The van der Waals surface area contributed by atoms with E-state index in [1.165, 1.54) is 12.8 Å². The van der Waals surface area contributed by atoms with Gasteiger partial charge in [-0.2, -0.15) is 4.98 Å². The first-order chi connectivity index (χ1) is 12.3. The third-order valence-electron chi connectivity index (χ3n) is 5.83. The van der Waals surface area contributed by atoms with Crippen LogP contribution in [0.5, 0.6) is 0 Å². The molecule has 2 unspecified atom stereocenters. The van der Waals surface area contributed by atoms with Crippen LogP contribution < -0.4 is 0 Å². The second-order valence-corrected chi connectivity index (χ2v) is 9.22. The van der Waals surface area contributed by atoms with Crippen LogP contribution in [0.15, 0.2) is 10.7 Å². The summed E-state index contributed by atoms with van der Waals surface area (Å²) in [4.78, 5) is 7.13. The van der Waals surface area contributed by atoms with Crippen molar-refractivity contribution in [3.63, 3.8) is 0 Å². The van der Waals surface area contributed by atoms with E-state index in [0.29, 0.717) is 24.0 Å². The van der Waals surface area contributed by atoms with E-state index < -0.39 is 0 Å². The first-order valence-corrected chi connectivity index (χ1v) is 9.82. The average Bonchev–Trinajstić information content (AvgIpc) is 3.27. The fourth-order valence-corrected chi connectivity index (χ4v) is 4.24. The standard InChI is InChI=1S/C19H30N6O/c1-12(2)18-20-17(26-22-18)11-24-13-6-7-14(24)9-15(8-13)25-10-16(21-23-25)19(3,4)5/h10,12-15H,6-9,11H2,1-5H3. The average molecular weight is 358 g/mol. The van der Waals surface area contributed by atoms with Gasteiger partial charge in [0.2, 0.25) is 5.89 Å². The Hall–Kier alpha value is -1.76. The van der Waals surface area contributed by atoms with Gasteiger partial charge in [0, 0.05) is 29.6 Å². The lowest BCUT2D eigenvalue weighted by Crippen LogP contribution is -2.43. The van der Waals surface area contributed by atoms with Gasteiger partial charge < -0.3 is 4.52 Å². The number of rotatable bonds is 4. The highest BCUT2D eigenvalue weighted by Gasteiger charge is 2.42. The molecular weight excluding hydrogens is 328 g/mol. The van der Waals surface area contributed by atoms with Crippen LogP contribution in [0.2, 0.25) is 0 Å². The first-order valence-electron chi connectivity index (χ1n) is 9.82. The van der Waals surface area contributed by atoms with Crippen molar-refractivity contribution >= 4 is 0 Å². The molecule has 142 valence electrons. The number of nitrogens with zero attached hydrogens (tertiary/aromatic N) is 6. The van der Waals surface area contributed by atoms with E-state index in [4.69, 9.17) is 4.52 Å². The molecular formula is C19H30N6O. The summed E-state index contributed by atoms with van der Waals surface area (Å²) in [6.45, 7) is 11.5. The normalized spacial score (nSPS) is 26.8. The molecule has 0 spiro atoms. The molecule has 2 aromatic rings. The van der Waals surface area contributed by atoms with Gasteiger partial charge in [-0.15, -0.1) is 5.10 Å². The van der Waals surface area contributed by atoms with Crippen molar-refractivity contribution in [3.05, 3.63) is 23.6 Å². The molecule has 0 saturated carbocycles. The lowest BCUT2D eigenvalue weighted by Gasteiger charge is -2.37. The first kappa shape index (κ1) is 17.6. The van der Waals surface area contributed by atoms with E-state index >= 15 is 0 Å². The van der Waals surface area contributed by atoms with E-state index in [0.717, 1.165) is 36.8 Å². The van der Waals surface area contributed by atoms with Gasteiger partial charge >= 0.3 is 0 Å². The van der Waals surface area contributed by atoms with Gasteiger partial charge in [0.25, 0.3) is 0 Å². The minimum absolute atomic E-state index is 0.0456. The summed E-state index contributed by atoms with van der Waals surface area (Å²) in [6.07, 6.45) is 6.87. The van der Waals surface area contributed by atoms with Crippen LogP contribution in [0.3, 0.4) is 0 Å². The summed E-state index contributed by atoms with van der Waals surface area (Å²) in [7, 11) is 0. The Morgan fingerprint density at radius 2 is 1.85 bits per heavy atom. The van der Waals surface area contributed by atoms with Crippen LogP contribution in [0, 0.1) is 0 Å². The van der Waals surface area contributed by atoms with Crippen molar-refractivity contribution in [2.24, 2.45) is 0 Å². The summed E-state index contributed by atoms with van der Waals surface area (Å²) in [6, 6.07) is 1.58. The molecule has 4 rings (SSSR count). The SMILES string of the molecule is CC(C)c1noc(CN2C3CCC2CC(n2cc(C(C)(C)C)nn2)C3)n1. The smallest absolute Gasteiger partial charge is 0.240 e. The van der Waals surface area contributed by atoms with Crippen molar-refractivity contribution < 1.29 is 4.52 Å². The Morgan fingerprint density at radius 1 is 1.15 bits per heavy atom. The Morgan fingerprint density at radius 3 is 2.38 bits per heavy atom. The van der Waals surface area contributed by atoms with Crippen molar-refractivity contribution in [3.8, 4) is 0 Å². The molecule has 2 atom stereocenters. The summed E-state index contributed by atoms with van der Waals surface area (Å²) in [5.74, 6) is 1.86. The van der Waals surface area contributed by atoms with Crippen molar-refractivity contribution in [1.82, 2.24) is 30.0 Å². The second kappa shape index (κ2) is 6.44. The van der Waals surface area contributed by atoms with Gasteiger partial charge in [-0.3, -0.25) is 4.90 Å². The van der Waals surface area contributed by atoms with Gasteiger partial charge in [0.1, 0.15) is 0 Å². The van der Waals surface area contributed by atoms with Crippen LogP contribution in [0.25, 0.3) is 0 Å². The molecule has 0 aromatic carbocycles. The summed E-state index contributed by atoms with van der Waals surface area (Å²) in [5, 5.41) is 13.0. The molecule has 4 heterocycles. The summed E-state index contributed by atoms with van der Waals surface area (Å²) < 4.78 is 7.58. The number of aromatic nitrogens is 5. The predicted octanol–water partition coefficient (Wildman–Crippen LogP) is 3.45. The largest absolute Gasteiger partial charge is 0.338 e. The third-order valence-corrected chi connectivity index (χ3v) is 5.83. The monoisotopic (exact) mass is 358 g/mol. The molecule has 2 saturated heterocycles. The Kier molecular flexibility index (Phi) is 4.37. The highest BCUT2D eigenvalue weighted by Crippen LogP contribution is 2.41. The lowest BCUT2D eigenvalue weighted by molar-refractivity contribution is 0.0832. The van der Waals surface area contributed by atoms with Crippen LogP contribution in [-0.2, 0) is 12.0 Å². The van der Waals surface area contributed by atoms with Crippen LogP contribution in [-0.4, -0.2) is 42.1 Å². The Labute approximate surface area is 155 Å². The van der Waals surface area contributed by atoms with Crippen LogP contribution in [0.1, 0.15) is 89.7 Å². The number of piperidine rings is 1. The summed E-state index contributed by atoms with van der Waals surface area (Å²) >= 11 is 0. The number of hydrogen-bond donors (Lipinski definition) is 0. The van der Waals surface area contributed by atoms with Gasteiger partial charge in [-0.1, -0.05) is 45.0 Å². The van der Waals surface area contributed by atoms with Crippen molar-refractivity contribution in [2.45, 2.75) is 96.3 Å². The van der Waals surface area contributed by atoms with Gasteiger partial charge in [-0.05, 0) is 25.7 Å². The zero-order valence-electron chi connectivity index (χ0n) is 16.5. The molecule has 7 heteroatoms. The molecule has 2 aliphatic rings. The Balaban J connectivity index is 1.44. The molecule has 0 radical (unpaired) electrons. The molecule has 0 N–H and O–H groups in total. The van der Waals surface area contributed by atoms with Crippen molar-refractivity contribution in [1.29, 1.82) is 0 Å². The maximum absolute atomic E-state index is 5.48. The highest BCUT2D eigenvalue weighted by atomic mass is 16.5. The van der Waals surface area contributed by atoms with E-state index in [1.54, 1.807) is 0 Å². The maximum Gasteiger partial charge on any atom is 0.240 e. The molecule has 7 nitrogen and oxygen atoms in total. The van der Waals surface area contributed by atoms with E-state index in [-0.39, 0.29) is 5.41 Å². The third kappa shape index (κ3) is 3.29. The molecule has 2 bridgehead atoms. The van der Waals surface area contributed by atoms with Gasteiger partial charge in [0.05, 0.1) is 18.3 Å². The second-order valence-electron chi connectivity index (χ2n) is 9.22. The number of fused-ring (bicyclic) bond motifs is 2. The molecule has 2 fully saturated rings. The molecule has 2 aliphatic heterocycles. The lowest BCUT2D eigenvalue weighted by atomic mass is 9.93. The van der Waals surface area contributed by atoms with Gasteiger partial charge in [-0.25, -0.2) is 4.68 Å². The summed E-state index contributed by atoms with van der Waals surface area (Å²) in [5.41, 5.74) is 1.11. The minimum Gasteiger partial charge on any atom is -0.338 e. The molecule has 0 amide bonds. The highest BCUT2D eigenvalue weighted by molar-refractivity contribution is 5.08. The van der Waals surface area contributed by atoms with Crippen LogP contribution >= 0.6 is 0 Å². The van der Waals surface area contributed by atoms with E-state index in [9.17, 15) is 0 Å². The molecule has 0 aliphatic carbocycles. The maximum atomic E-state index is 5.48. The fourth-order valence-electron chi connectivity index (χ4n) is 4.24. The minimum atomic E-state index is 0.0456. The molecule has 26 heavy (non-hydrogen) atoms. The van der Waals surface area contributed by atoms with Crippen LogP contribution in [0.4, 0.5) is 0 Å². The molecule has 2 aromatic heterocycles. The Bertz CT molecular complexity index is 744. The topological polar surface area (TPSA) is 72.9 Å².